The molecule has 1 amide bonds. The topological polar surface area (TPSA) is 33.5 Å². The minimum absolute atomic E-state index is 0.0381. The third kappa shape index (κ3) is 2.17. The molecular formula is C18H21NO2. The van der Waals surface area contributed by atoms with Gasteiger partial charge in [0.2, 0.25) is 0 Å². The fourth-order valence-electron chi connectivity index (χ4n) is 3.41. The molecule has 1 aromatic carbocycles. The second-order valence-corrected chi connectivity index (χ2v) is 6.06. The number of hydrogen-bond donors (Lipinski definition) is 0. The molecule has 0 unspecified atom stereocenters. The monoisotopic (exact) mass is 283 g/mol. The summed E-state index contributed by atoms with van der Waals surface area (Å²) in [6.07, 6.45) is 2.57. The number of hydrogen-bond acceptors (Lipinski definition) is 2. The highest BCUT2D eigenvalue weighted by atomic mass is 16.3. The minimum atomic E-state index is 0.0381. The number of nitrogens with zero attached hydrogens (tertiary/aromatic N) is 1. The van der Waals surface area contributed by atoms with Crippen LogP contribution in [0.5, 0.6) is 0 Å². The number of anilines is 1. The lowest BCUT2D eigenvalue weighted by molar-refractivity contribution is 0.0972. The van der Waals surface area contributed by atoms with Crippen LogP contribution in [0.3, 0.4) is 0 Å². The van der Waals surface area contributed by atoms with E-state index in [0.717, 1.165) is 17.7 Å². The normalized spacial score (nSPS) is 21.2. The van der Waals surface area contributed by atoms with Crippen molar-refractivity contribution >= 4 is 11.6 Å². The molecule has 0 saturated heterocycles. The van der Waals surface area contributed by atoms with Crippen LogP contribution in [-0.4, -0.2) is 11.9 Å². The van der Waals surface area contributed by atoms with Gasteiger partial charge in [0.25, 0.3) is 5.91 Å². The van der Waals surface area contributed by atoms with Gasteiger partial charge in [-0.15, -0.1) is 0 Å². The Morgan fingerprint density at radius 1 is 1.24 bits per heavy atom. The van der Waals surface area contributed by atoms with Crippen molar-refractivity contribution in [2.75, 3.05) is 4.90 Å². The van der Waals surface area contributed by atoms with E-state index in [1.807, 2.05) is 11.8 Å². The summed E-state index contributed by atoms with van der Waals surface area (Å²) in [5.74, 6) is 1.20. The highest BCUT2D eigenvalue weighted by molar-refractivity contribution is 6.08. The molecule has 1 aliphatic heterocycles. The van der Waals surface area contributed by atoms with Crippen molar-refractivity contribution in [2.24, 2.45) is 0 Å². The van der Waals surface area contributed by atoms with Gasteiger partial charge in [0, 0.05) is 6.04 Å². The highest BCUT2D eigenvalue weighted by Gasteiger charge is 2.34. The van der Waals surface area contributed by atoms with Crippen molar-refractivity contribution in [2.45, 2.75) is 46.1 Å². The summed E-state index contributed by atoms with van der Waals surface area (Å²) in [6, 6.07) is 8.25. The molecule has 0 radical (unpaired) electrons. The Bertz CT molecular complexity index is 686. The SMILES string of the molecule is Cc1cccc2c1N(C(=O)c1ccoc1C)[C@H](C)C[C@@H]2C. The maximum Gasteiger partial charge on any atom is 0.262 e. The average Bonchev–Trinajstić information content (AvgIpc) is 2.86. The van der Waals surface area contributed by atoms with Crippen LogP contribution in [0.1, 0.15) is 53.4 Å². The van der Waals surface area contributed by atoms with Crippen LogP contribution in [0, 0.1) is 13.8 Å². The van der Waals surface area contributed by atoms with Gasteiger partial charge in [-0.05, 0) is 50.3 Å². The molecule has 1 aromatic heterocycles. The van der Waals surface area contributed by atoms with Crippen molar-refractivity contribution in [3.05, 3.63) is 53.0 Å². The van der Waals surface area contributed by atoms with E-state index < -0.39 is 0 Å². The predicted octanol–water partition coefficient (Wildman–Crippen LogP) is 4.44. The van der Waals surface area contributed by atoms with E-state index in [4.69, 9.17) is 4.42 Å². The van der Waals surface area contributed by atoms with E-state index in [1.165, 1.54) is 5.56 Å². The number of furan rings is 1. The van der Waals surface area contributed by atoms with Crippen molar-refractivity contribution in [3.8, 4) is 0 Å². The van der Waals surface area contributed by atoms with Crippen molar-refractivity contribution in [3.63, 3.8) is 0 Å². The van der Waals surface area contributed by atoms with Gasteiger partial charge in [0.15, 0.2) is 0 Å². The molecule has 2 aromatic rings. The molecular weight excluding hydrogens is 262 g/mol. The quantitative estimate of drug-likeness (QED) is 0.775. The molecule has 3 rings (SSSR count). The summed E-state index contributed by atoms with van der Waals surface area (Å²) in [5.41, 5.74) is 4.16. The zero-order chi connectivity index (χ0) is 15.1. The molecule has 0 aliphatic carbocycles. The smallest absolute Gasteiger partial charge is 0.262 e. The third-order valence-corrected chi connectivity index (χ3v) is 4.48. The summed E-state index contributed by atoms with van der Waals surface area (Å²) < 4.78 is 5.30. The van der Waals surface area contributed by atoms with Gasteiger partial charge in [-0.2, -0.15) is 0 Å². The lowest BCUT2D eigenvalue weighted by Crippen LogP contribution is -2.43. The Kier molecular flexibility index (Phi) is 3.36. The molecule has 2 heterocycles. The van der Waals surface area contributed by atoms with Gasteiger partial charge in [-0.1, -0.05) is 25.1 Å². The molecule has 0 fully saturated rings. The molecule has 0 N–H and O–H groups in total. The molecule has 1 aliphatic rings. The lowest BCUT2D eigenvalue weighted by Gasteiger charge is -2.39. The number of amides is 1. The number of para-hydroxylation sites is 1. The first-order valence-electron chi connectivity index (χ1n) is 7.48. The van der Waals surface area contributed by atoms with Crippen molar-refractivity contribution in [1.29, 1.82) is 0 Å². The molecule has 3 nitrogen and oxygen atoms in total. The van der Waals surface area contributed by atoms with E-state index in [1.54, 1.807) is 12.3 Å². The standard InChI is InChI=1S/C18H21NO2/c1-11-6-5-7-15-12(2)10-13(3)19(17(11)15)18(20)16-8-9-21-14(16)4/h5-9,12-13H,10H2,1-4H3/t12-,13+/m0/s1. The second kappa shape index (κ2) is 5.06. The second-order valence-electron chi connectivity index (χ2n) is 6.06. The van der Waals surface area contributed by atoms with Gasteiger partial charge >= 0.3 is 0 Å². The van der Waals surface area contributed by atoms with E-state index in [2.05, 4.69) is 39.0 Å². The van der Waals surface area contributed by atoms with Gasteiger partial charge in [0.1, 0.15) is 5.76 Å². The Morgan fingerprint density at radius 3 is 2.67 bits per heavy atom. The van der Waals surface area contributed by atoms with Crippen LogP contribution in [-0.2, 0) is 0 Å². The number of carbonyl (C=O) groups excluding carboxylic acids is 1. The van der Waals surface area contributed by atoms with Crippen LogP contribution >= 0.6 is 0 Å². The van der Waals surface area contributed by atoms with Crippen LogP contribution in [0.4, 0.5) is 5.69 Å². The first kappa shape index (κ1) is 13.9. The summed E-state index contributed by atoms with van der Waals surface area (Å²) >= 11 is 0. The lowest BCUT2D eigenvalue weighted by atomic mass is 9.85. The van der Waals surface area contributed by atoms with Crippen LogP contribution in [0.2, 0.25) is 0 Å². The maximum atomic E-state index is 13.0. The fraction of sp³-hybridized carbons (Fsp3) is 0.389. The molecule has 0 saturated carbocycles. The summed E-state index contributed by atoms with van der Waals surface area (Å²) in [6.45, 7) is 8.27. The van der Waals surface area contributed by atoms with Gasteiger partial charge in [-0.3, -0.25) is 4.79 Å². The largest absolute Gasteiger partial charge is 0.469 e. The Hall–Kier alpha value is -2.03. The first-order valence-corrected chi connectivity index (χ1v) is 7.48. The minimum Gasteiger partial charge on any atom is -0.469 e. The zero-order valence-corrected chi connectivity index (χ0v) is 13.0. The molecule has 21 heavy (non-hydrogen) atoms. The van der Waals surface area contributed by atoms with E-state index in [0.29, 0.717) is 17.2 Å². The van der Waals surface area contributed by atoms with Gasteiger partial charge < -0.3 is 9.32 Å². The maximum absolute atomic E-state index is 13.0. The number of fused-ring (bicyclic) bond motifs is 1. The third-order valence-electron chi connectivity index (χ3n) is 4.48. The zero-order valence-electron chi connectivity index (χ0n) is 13.0. The number of benzene rings is 1. The molecule has 3 heteroatoms. The van der Waals surface area contributed by atoms with Crippen LogP contribution in [0.25, 0.3) is 0 Å². The van der Waals surface area contributed by atoms with Crippen LogP contribution in [0.15, 0.2) is 34.9 Å². The molecule has 0 bridgehead atoms. The number of carbonyl (C=O) groups is 1. The number of aryl methyl sites for hydroxylation is 2. The number of rotatable bonds is 1. The van der Waals surface area contributed by atoms with E-state index >= 15 is 0 Å². The van der Waals surface area contributed by atoms with Gasteiger partial charge in [0.05, 0.1) is 17.5 Å². The molecule has 110 valence electrons. The summed E-state index contributed by atoms with van der Waals surface area (Å²) in [7, 11) is 0. The Morgan fingerprint density at radius 2 is 2.00 bits per heavy atom. The van der Waals surface area contributed by atoms with Gasteiger partial charge in [-0.25, -0.2) is 0 Å². The van der Waals surface area contributed by atoms with E-state index in [9.17, 15) is 4.79 Å². The predicted molar refractivity (Wildman–Crippen MR) is 83.9 cm³/mol. The van der Waals surface area contributed by atoms with Crippen molar-refractivity contribution < 1.29 is 9.21 Å². The summed E-state index contributed by atoms with van der Waals surface area (Å²) in [5, 5.41) is 0. The van der Waals surface area contributed by atoms with E-state index in [-0.39, 0.29) is 11.9 Å². The van der Waals surface area contributed by atoms with Crippen molar-refractivity contribution in [1.82, 2.24) is 0 Å². The first-order chi connectivity index (χ1) is 10.0. The Labute approximate surface area is 125 Å². The summed E-state index contributed by atoms with van der Waals surface area (Å²) in [4.78, 5) is 14.9. The Balaban J connectivity index is 2.13. The van der Waals surface area contributed by atoms with Crippen LogP contribution < -0.4 is 4.90 Å². The molecule has 0 spiro atoms. The molecule has 2 atom stereocenters. The fourth-order valence-corrected chi connectivity index (χ4v) is 3.41. The highest BCUT2D eigenvalue weighted by Crippen LogP contribution is 2.41. The average molecular weight is 283 g/mol.